The van der Waals surface area contributed by atoms with Gasteiger partial charge in [-0.1, -0.05) is 15.9 Å². The largest absolute Gasteiger partial charge is 0.493 e. The standard InChI is InChI=1S/C9H10Br2O2/c1-12-8-4-6(5-10)3-7(11)9(8)13-2/h3-4H,5H2,1-2H3. The summed E-state index contributed by atoms with van der Waals surface area (Å²) in [5.41, 5.74) is 1.14. The van der Waals surface area contributed by atoms with Gasteiger partial charge in [-0.25, -0.2) is 0 Å². The van der Waals surface area contributed by atoms with Gasteiger partial charge in [-0.05, 0) is 33.6 Å². The normalized spacial score (nSPS) is 9.85. The maximum atomic E-state index is 5.18. The van der Waals surface area contributed by atoms with E-state index in [2.05, 4.69) is 31.9 Å². The molecule has 4 heteroatoms. The molecule has 0 aromatic heterocycles. The maximum Gasteiger partial charge on any atom is 0.174 e. The Hall–Kier alpha value is -0.220. The highest BCUT2D eigenvalue weighted by Gasteiger charge is 2.09. The third-order valence-electron chi connectivity index (χ3n) is 1.65. The van der Waals surface area contributed by atoms with Crippen molar-refractivity contribution in [3.63, 3.8) is 0 Å². The molecular formula is C9H10Br2O2. The minimum atomic E-state index is 0.729. The van der Waals surface area contributed by atoms with Crippen molar-refractivity contribution in [2.75, 3.05) is 14.2 Å². The Bertz CT molecular complexity index is 300. The van der Waals surface area contributed by atoms with E-state index < -0.39 is 0 Å². The molecule has 0 N–H and O–H groups in total. The molecule has 0 spiro atoms. The third kappa shape index (κ3) is 2.38. The topological polar surface area (TPSA) is 18.5 Å². The van der Waals surface area contributed by atoms with Crippen molar-refractivity contribution in [2.45, 2.75) is 5.33 Å². The van der Waals surface area contributed by atoms with Crippen LogP contribution in [-0.4, -0.2) is 14.2 Å². The van der Waals surface area contributed by atoms with Gasteiger partial charge < -0.3 is 9.47 Å². The van der Waals surface area contributed by atoms with E-state index in [0.29, 0.717) is 0 Å². The Balaban J connectivity index is 3.20. The molecule has 0 radical (unpaired) electrons. The molecule has 0 bridgehead atoms. The summed E-state index contributed by atoms with van der Waals surface area (Å²) in [6, 6.07) is 3.94. The monoisotopic (exact) mass is 308 g/mol. The molecule has 0 aliphatic carbocycles. The molecule has 1 aromatic carbocycles. The fraction of sp³-hybridized carbons (Fsp3) is 0.333. The van der Waals surface area contributed by atoms with Gasteiger partial charge in [0.15, 0.2) is 11.5 Å². The van der Waals surface area contributed by atoms with Gasteiger partial charge in [0.2, 0.25) is 0 Å². The summed E-state index contributed by atoms with van der Waals surface area (Å²) in [5, 5.41) is 0.798. The van der Waals surface area contributed by atoms with Crippen LogP contribution in [0.5, 0.6) is 11.5 Å². The van der Waals surface area contributed by atoms with Crippen LogP contribution in [0.25, 0.3) is 0 Å². The summed E-state index contributed by atoms with van der Waals surface area (Å²) < 4.78 is 11.3. The molecule has 0 unspecified atom stereocenters. The van der Waals surface area contributed by atoms with E-state index in [1.54, 1.807) is 14.2 Å². The molecule has 1 rings (SSSR count). The zero-order valence-electron chi connectivity index (χ0n) is 7.43. The highest BCUT2D eigenvalue weighted by Crippen LogP contribution is 2.36. The number of alkyl halides is 1. The van der Waals surface area contributed by atoms with E-state index in [1.165, 1.54) is 0 Å². The Kier molecular flexibility index (Phi) is 4.06. The van der Waals surface area contributed by atoms with Crippen molar-refractivity contribution < 1.29 is 9.47 Å². The van der Waals surface area contributed by atoms with Crippen LogP contribution in [0.2, 0.25) is 0 Å². The van der Waals surface area contributed by atoms with E-state index >= 15 is 0 Å². The van der Waals surface area contributed by atoms with E-state index in [-0.39, 0.29) is 0 Å². The average molecular weight is 310 g/mol. The summed E-state index contributed by atoms with van der Waals surface area (Å²) in [7, 11) is 3.25. The van der Waals surface area contributed by atoms with Crippen LogP contribution >= 0.6 is 31.9 Å². The Morgan fingerprint density at radius 3 is 2.38 bits per heavy atom. The van der Waals surface area contributed by atoms with Gasteiger partial charge in [-0.3, -0.25) is 0 Å². The van der Waals surface area contributed by atoms with Crippen LogP contribution in [0, 0.1) is 0 Å². The minimum absolute atomic E-state index is 0.729. The summed E-state index contributed by atoms with van der Waals surface area (Å²) in [6.07, 6.45) is 0. The number of halogens is 2. The summed E-state index contributed by atoms with van der Waals surface area (Å²) in [4.78, 5) is 0. The summed E-state index contributed by atoms with van der Waals surface area (Å²) in [5.74, 6) is 1.47. The molecule has 0 heterocycles. The first kappa shape index (κ1) is 10.9. The zero-order valence-corrected chi connectivity index (χ0v) is 10.6. The summed E-state index contributed by atoms with van der Waals surface area (Å²) >= 11 is 6.80. The molecule has 72 valence electrons. The lowest BCUT2D eigenvalue weighted by atomic mass is 10.2. The predicted molar refractivity (Wildman–Crippen MR) is 59.9 cm³/mol. The van der Waals surface area contributed by atoms with Gasteiger partial charge in [0.1, 0.15) is 0 Å². The molecule has 0 amide bonds. The van der Waals surface area contributed by atoms with Crippen LogP contribution in [0.4, 0.5) is 0 Å². The number of rotatable bonds is 3. The van der Waals surface area contributed by atoms with Crippen molar-refractivity contribution in [3.8, 4) is 11.5 Å². The molecule has 2 nitrogen and oxygen atoms in total. The molecule has 1 aromatic rings. The molecule has 0 atom stereocenters. The van der Waals surface area contributed by atoms with Gasteiger partial charge in [-0.2, -0.15) is 0 Å². The number of methoxy groups -OCH3 is 2. The Morgan fingerprint density at radius 1 is 1.23 bits per heavy atom. The number of hydrogen-bond donors (Lipinski definition) is 0. The number of hydrogen-bond acceptors (Lipinski definition) is 2. The van der Waals surface area contributed by atoms with Crippen molar-refractivity contribution in [1.82, 2.24) is 0 Å². The minimum Gasteiger partial charge on any atom is -0.493 e. The van der Waals surface area contributed by atoms with Gasteiger partial charge in [-0.15, -0.1) is 0 Å². The number of ether oxygens (including phenoxy) is 2. The molecular weight excluding hydrogens is 300 g/mol. The molecule has 0 fully saturated rings. The van der Waals surface area contributed by atoms with E-state index in [0.717, 1.165) is 26.9 Å². The quantitative estimate of drug-likeness (QED) is 0.797. The fourth-order valence-corrected chi connectivity index (χ4v) is 2.02. The van der Waals surface area contributed by atoms with E-state index in [9.17, 15) is 0 Å². The average Bonchev–Trinajstić information content (AvgIpc) is 2.16. The maximum absolute atomic E-state index is 5.18. The molecule has 13 heavy (non-hydrogen) atoms. The lowest BCUT2D eigenvalue weighted by Crippen LogP contribution is -1.92. The predicted octanol–water partition coefficient (Wildman–Crippen LogP) is 3.36. The van der Waals surface area contributed by atoms with Crippen LogP contribution in [0.3, 0.4) is 0 Å². The first-order chi connectivity index (χ1) is 6.22. The van der Waals surface area contributed by atoms with Gasteiger partial charge in [0, 0.05) is 5.33 Å². The SMILES string of the molecule is COc1cc(CBr)cc(Br)c1OC. The Morgan fingerprint density at radius 2 is 1.92 bits per heavy atom. The smallest absolute Gasteiger partial charge is 0.174 e. The molecule has 0 aliphatic rings. The van der Waals surface area contributed by atoms with Gasteiger partial charge >= 0.3 is 0 Å². The molecule has 0 saturated heterocycles. The van der Waals surface area contributed by atoms with Crippen LogP contribution in [0.1, 0.15) is 5.56 Å². The van der Waals surface area contributed by atoms with Crippen LogP contribution in [0.15, 0.2) is 16.6 Å². The lowest BCUT2D eigenvalue weighted by Gasteiger charge is -2.10. The zero-order chi connectivity index (χ0) is 9.84. The van der Waals surface area contributed by atoms with Crippen molar-refractivity contribution in [3.05, 3.63) is 22.2 Å². The summed E-state index contributed by atoms with van der Waals surface area (Å²) in [6.45, 7) is 0. The first-order valence-electron chi connectivity index (χ1n) is 3.69. The second-order valence-corrected chi connectivity index (χ2v) is 3.86. The fourth-order valence-electron chi connectivity index (χ4n) is 1.05. The van der Waals surface area contributed by atoms with Crippen molar-refractivity contribution >= 4 is 31.9 Å². The van der Waals surface area contributed by atoms with Gasteiger partial charge in [0.25, 0.3) is 0 Å². The Labute approximate surface area is 94.5 Å². The first-order valence-corrected chi connectivity index (χ1v) is 5.60. The second kappa shape index (κ2) is 4.86. The van der Waals surface area contributed by atoms with Gasteiger partial charge in [0.05, 0.1) is 18.7 Å². The second-order valence-electron chi connectivity index (χ2n) is 2.45. The van der Waals surface area contributed by atoms with Crippen molar-refractivity contribution in [2.24, 2.45) is 0 Å². The highest BCUT2D eigenvalue weighted by atomic mass is 79.9. The number of benzene rings is 1. The third-order valence-corrected chi connectivity index (χ3v) is 2.88. The molecule has 0 aliphatic heterocycles. The van der Waals surface area contributed by atoms with Crippen LogP contribution < -0.4 is 9.47 Å². The lowest BCUT2D eigenvalue weighted by molar-refractivity contribution is 0.353. The van der Waals surface area contributed by atoms with Crippen molar-refractivity contribution in [1.29, 1.82) is 0 Å². The molecule has 0 saturated carbocycles. The highest BCUT2D eigenvalue weighted by molar-refractivity contribution is 9.10. The van der Waals surface area contributed by atoms with E-state index in [4.69, 9.17) is 9.47 Å². The van der Waals surface area contributed by atoms with Crippen LogP contribution in [-0.2, 0) is 5.33 Å². The van der Waals surface area contributed by atoms with E-state index in [1.807, 2.05) is 12.1 Å².